The fourth-order valence-corrected chi connectivity index (χ4v) is 3.21. The second-order valence-corrected chi connectivity index (χ2v) is 6.00. The van der Waals surface area contributed by atoms with E-state index >= 15 is 0 Å². The van der Waals surface area contributed by atoms with Crippen molar-refractivity contribution in [2.24, 2.45) is 0 Å². The largest absolute Gasteiger partial charge is 0.231 e. The second kappa shape index (κ2) is 6.74. The fourth-order valence-electron chi connectivity index (χ4n) is 2.05. The molecule has 0 aliphatic carbocycles. The van der Waals surface area contributed by atoms with Gasteiger partial charge in [0.15, 0.2) is 5.16 Å². The Labute approximate surface area is 133 Å². The van der Waals surface area contributed by atoms with Crippen molar-refractivity contribution in [2.45, 2.75) is 10.4 Å². The van der Waals surface area contributed by atoms with Gasteiger partial charge >= 0.3 is 0 Å². The number of thioether (sulfide) groups is 1. The molecule has 0 aliphatic heterocycles. The van der Waals surface area contributed by atoms with Gasteiger partial charge in [0.05, 0.1) is 5.25 Å². The molecule has 0 radical (unpaired) electrons. The van der Waals surface area contributed by atoms with Crippen LogP contribution in [0.3, 0.4) is 0 Å². The quantitative estimate of drug-likeness (QED) is 0.500. The molecule has 0 fully saturated rings. The molecule has 0 aliphatic rings. The van der Waals surface area contributed by atoms with Crippen LogP contribution in [0, 0.1) is 0 Å². The highest BCUT2D eigenvalue weighted by molar-refractivity contribution is 7.99. The molecular formula is C17H13ClN2S. The highest BCUT2D eigenvalue weighted by Gasteiger charge is 2.16. The van der Waals surface area contributed by atoms with E-state index in [0.29, 0.717) is 0 Å². The summed E-state index contributed by atoms with van der Waals surface area (Å²) in [6, 6.07) is 20.1. The Morgan fingerprint density at radius 3 is 2.05 bits per heavy atom. The van der Waals surface area contributed by atoms with E-state index in [1.54, 1.807) is 24.2 Å². The lowest BCUT2D eigenvalue weighted by molar-refractivity contribution is 0.958. The van der Waals surface area contributed by atoms with Crippen LogP contribution in [-0.4, -0.2) is 9.97 Å². The zero-order valence-electron chi connectivity index (χ0n) is 11.2. The molecule has 0 amide bonds. The lowest BCUT2D eigenvalue weighted by Gasteiger charge is -2.16. The first-order valence-electron chi connectivity index (χ1n) is 6.57. The van der Waals surface area contributed by atoms with Gasteiger partial charge in [0.25, 0.3) is 0 Å². The Morgan fingerprint density at radius 1 is 0.762 bits per heavy atom. The molecule has 1 aromatic heterocycles. The summed E-state index contributed by atoms with van der Waals surface area (Å²) < 4.78 is 0. The van der Waals surface area contributed by atoms with Gasteiger partial charge < -0.3 is 0 Å². The second-order valence-electron chi connectivity index (χ2n) is 4.49. The molecule has 3 aromatic rings. The standard InChI is InChI=1S/C17H13ClN2S/c18-15-9-7-14(8-10-15)16(13-5-2-1-3-6-13)21-17-19-11-4-12-20-17/h1-12,16H. The molecule has 1 unspecified atom stereocenters. The predicted octanol–water partition coefficient (Wildman–Crippen LogP) is 5.01. The topological polar surface area (TPSA) is 25.8 Å². The van der Waals surface area contributed by atoms with Crippen molar-refractivity contribution >= 4 is 23.4 Å². The van der Waals surface area contributed by atoms with E-state index in [-0.39, 0.29) is 5.25 Å². The molecule has 0 saturated carbocycles. The van der Waals surface area contributed by atoms with Crippen molar-refractivity contribution in [1.82, 2.24) is 9.97 Å². The van der Waals surface area contributed by atoms with Crippen molar-refractivity contribution in [2.75, 3.05) is 0 Å². The van der Waals surface area contributed by atoms with Gasteiger partial charge in [-0.15, -0.1) is 0 Å². The first-order valence-corrected chi connectivity index (χ1v) is 7.83. The minimum Gasteiger partial charge on any atom is -0.231 e. The van der Waals surface area contributed by atoms with Gasteiger partial charge in [-0.3, -0.25) is 0 Å². The third-order valence-electron chi connectivity index (χ3n) is 3.04. The lowest BCUT2D eigenvalue weighted by Crippen LogP contribution is -1.98. The number of halogens is 1. The van der Waals surface area contributed by atoms with Crippen LogP contribution < -0.4 is 0 Å². The molecule has 2 nitrogen and oxygen atoms in total. The first kappa shape index (κ1) is 14.1. The summed E-state index contributed by atoms with van der Waals surface area (Å²) >= 11 is 7.63. The summed E-state index contributed by atoms with van der Waals surface area (Å²) in [4.78, 5) is 8.63. The van der Waals surface area contributed by atoms with Gasteiger partial charge in [0.2, 0.25) is 0 Å². The Kier molecular flexibility index (Phi) is 4.53. The normalized spacial score (nSPS) is 12.0. The maximum absolute atomic E-state index is 5.99. The van der Waals surface area contributed by atoms with Gasteiger partial charge in [-0.05, 0) is 29.3 Å². The average Bonchev–Trinajstić information content (AvgIpc) is 2.55. The summed E-state index contributed by atoms with van der Waals surface area (Å²) in [7, 11) is 0. The van der Waals surface area contributed by atoms with Crippen LogP contribution >= 0.6 is 23.4 Å². The molecule has 0 spiro atoms. The third-order valence-corrected chi connectivity index (χ3v) is 4.49. The average molecular weight is 313 g/mol. The van der Waals surface area contributed by atoms with Crippen LogP contribution in [0.5, 0.6) is 0 Å². The Morgan fingerprint density at radius 2 is 1.38 bits per heavy atom. The van der Waals surface area contributed by atoms with E-state index in [0.717, 1.165) is 10.2 Å². The molecule has 1 atom stereocenters. The molecule has 104 valence electrons. The third kappa shape index (κ3) is 3.63. The maximum atomic E-state index is 5.99. The molecule has 4 heteroatoms. The minimum atomic E-state index is 0.144. The van der Waals surface area contributed by atoms with Crippen molar-refractivity contribution in [1.29, 1.82) is 0 Å². The molecule has 2 aromatic carbocycles. The van der Waals surface area contributed by atoms with E-state index in [1.165, 1.54) is 11.1 Å². The van der Waals surface area contributed by atoms with E-state index < -0.39 is 0 Å². The van der Waals surface area contributed by atoms with E-state index in [4.69, 9.17) is 11.6 Å². The minimum absolute atomic E-state index is 0.144. The molecule has 1 heterocycles. The molecular weight excluding hydrogens is 300 g/mol. The van der Waals surface area contributed by atoms with Crippen LogP contribution in [0.25, 0.3) is 0 Å². The molecule has 21 heavy (non-hydrogen) atoms. The molecule has 0 saturated heterocycles. The number of hydrogen-bond donors (Lipinski definition) is 0. The summed E-state index contributed by atoms with van der Waals surface area (Å²) in [5.41, 5.74) is 2.40. The van der Waals surface area contributed by atoms with E-state index in [9.17, 15) is 0 Å². The van der Waals surface area contributed by atoms with Gasteiger partial charge in [-0.25, -0.2) is 9.97 Å². The van der Waals surface area contributed by atoms with Crippen molar-refractivity contribution < 1.29 is 0 Å². The Bertz CT molecular complexity index is 687. The summed E-state index contributed by atoms with van der Waals surface area (Å²) in [5.74, 6) is 0. The van der Waals surface area contributed by atoms with E-state index in [1.807, 2.05) is 36.4 Å². The Balaban J connectivity index is 1.97. The summed E-state index contributed by atoms with van der Waals surface area (Å²) in [6.07, 6.45) is 3.53. The monoisotopic (exact) mass is 312 g/mol. The zero-order valence-corrected chi connectivity index (χ0v) is 12.8. The number of aromatic nitrogens is 2. The number of benzene rings is 2. The van der Waals surface area contributed by atoms with Gasteiger partial charge in [0, 0.05) is 17.4 Å². The summed E-state index contributed by atoms with van der Waals surface area (Å²) in [5, 5.41) is 1.65. The SMILES string of the molecule is Clc1ccc(C(Sc2ncccn2)c2ccccc2)cc1. The summed E-state index contributed by atoms with van der Waals surface area (Å²) in [6.45, 7) is 0. The van der Waals surface area contributed by atoms with Crippen molar-refractivity contribution in [3.05, 3.63) is 89.2 Å². The van der Waals surface area contributed by atoms with E-state index in [2.05, 4.69) is 34.2 Å². The fraction of sp³-hybridized carbons (Fsp3) is 0.0588. The van der Waals surface area contributed by atoms with Crippen LogP contribution in [0.1, 0.15) is 16.4 Å². The molecule has 0 bridgehead atoms. The smallest absolute Gasteiger partial charge is 0.188 e. The molecule has 3 rings (SSSR count). The highest BCUT2D eigenvalue weighted by atomic mass is 35.5. The predicted molar refractivity (Wildman–Crippen MR) is 87.6 cm³/mol. The maximum Gasteiger partial charge on any atom is 0.188 e. The van der Waals surface area contributed by atoms with Gasteiger partial charge in [0.1, 0.15) is 0 Å². The van der Waals surface area contributed by atoms with Crippen LogP contribution in [0.2, 0.25) is 5.02 Å². The zero-order chi connectivity index (χ0) is 14.5. The van der Waals surface area contributed by atoms with Crippen molar-refractivity contribution in [3.8, 4) is 0 Å². The Hall–Kier alpha value is -1.84. The number of hydrogen-bond acceptors (Lipinski definition) is 3. The lowest BCUT2D eigenvalue weighted by atomic mass is 10.0. The van der Waals surface area contributed by atoms with Crippen LogP contribution in [-0.2, 0) is 0 Å². The van der Waals surface area contributed by atoms with Gasteiger partial charge in [-0.1, -0.05) is 65.8 Å². The van der Waals surface area contributed by atoms with Crippen LogP contribution in [0.4, 0.5) is 0 Å². The van der Waals surface area contributed by atoms with Crippen LogP contribution in [0.15, 0.2) is 78.2 Å². The highest BCUT2D eigenvalue weighted by Crippen LogP contribution is 2.38. The first-order chi connectivity index (χ1) is 10.3. The molecule has 0 N–H and O–H groups in total. The van der Waals surface area contributed by atoms with Crippen molar-refractivity contribution in [3.63, 3.8) is 0 Å². The van der Waals surface area contributed by atoms with Gasteiger partial charge in [-0.2, -0.15) is 0 Å². The number of nitrogens with zero attached hydrogens (tertiary/aromatic N) is 2. The number of rotatable bonds is 4.